The number of nitrogens with one attached hydrogen (secondary N) is 1. The zero-order valence-electron chi connectivity index (χ0n) is 17.6. The van der Waals surface area contributed by atoms with Crippen LogP contribution in [0.15, 0.2) is 60.8 Å². The first-order valence-corrected chi connectivity index (χ1v) is 10.5. The van der Waals surface area contributed by atoms with Gasteiger partial charge >= 0.3 is 6.18 Å². The smallest absolute Gasteiger partial charge is 0.396 e. The standard InChI is InChI=1S/C24H24F3N3O2/c1-32-18-10-5-9-17(13-18)20-15-28-23(29-20)21-11-6-12-30(21)22(31)14-19(24(25,26)27)16-7-3-2-4-8-16/h2-5,7-10,13,15,19,21H,6,11-12,14H2,1H3,(H,28,29)/t19-,21+/m1/s1. The van der Waals surface area contributed by atoms with Gasteiger partial charge in [0.25, 0.3) is 0 Å². The first-order valence-electron chi connectivity index (χ1n) is 10.5. The van der Waals surface area contributed by atoms with Gasteiger partial charge < -0.3 is 14.6 Å². The predicted octanol–water partition coefficient (Wildman–Crippen LogP) is 5.49. The molecule has 0 bridgehead atoms. The van der Waals surface area contributed by atoms with E-state index < -0.39 is 24.4 Å². The molecule has 1 N–H and O–H groups in total. The van der Waals surface area contributed by atoms with Crippen molar-refractivity contribution in [2.45, 2.75) is 37.4 Å². The van der Waals surface area contributed by atoms with Crippen LogP contribution in [0.25, 0.3) is 11.3 Å². The highest BCUT2D eigenvalue weighted by Gasteiger charge is 2.44. The van der Waals surface area contributed by atoms with Gasteiger partial charge in [-0.2, -0.15) is 13.2 Å². The summed E-state index contributed by atoms with van der Waals surface area (Å²) in [7, 11) is 1.59. The van der Waals surface area contributed by atoms with E-state index in [1.165, 1.54) is 17.0 Å². The molecule has 1 aromatic heterocycles. The lowest BCUT2D eigenvalue weighted by atomic mass is 9.94. The fourth-order valence-corrected chi connectivity index (χ4v) is 4.19. The van der Waals surface area contributed by atoms with Crippen LogP contribution >= 0.6 is 0 Å². The highest BCUT2D eigenvalue weighted by Crippen LogP contribution is 2.40. The highest BCUT2D eigenvalue weighted by molar-refractivity contribution is 5.78. The Labute approximate surface area is 184 Å². The minimum absolute atomic E-state index is 0.0995. The van der Waals surface area contributed by atoms with E-state index in [-0.39, 0.29) is 11.6 Å². The molecule has 2 heterocycles. The number of nitrogens with zero attached hydrogens (tertiary/aromatic N) is 2. The fraction of sp³-hybridized carbons (Fsp3) is 0.333. The molecule has 1 aliphatic rings. The number of hydrogen-bond acceptors (Lipinski definition) is 3. The normalized spacial score (nSPS) is 17.4. The molecule has 3 aromatic rings. The second kappa shape index (κ2) is 9.06. The van der Waals surface area contributed by atoms with Crippen LogP contribution < -0.4 is 4.74 Å². The molecule has 1 aliphatic heterocycles. The minimum atomic E-state index is -4.50. The zero-order chi connectivity index (χ0) is 22.7. The van der Waals surface area contributed by atoms with Gasteiger partial charge in [0, 0.05) is 18.5 Å². The summed E-state index contributed by atoms with van der Waals surface area (Å²) < 4.78 is 46.4. The van der Waals surface area contributed by atoms with Crippen molar-refractivity contribution in [3.63, 3.8) is 0 Å². The van der Waals surface area contributed by atoms with Crippen molar-refractivity contribution in [1.29, 1.82) is 0 Å². The first-order chi connectivity index (χ1) is 15.4. The molecule has 0 aliphatic carbocycles. The van der Waals surface area contributed by atoms with Gasteiger partial charge in [-0.1, -0.05) is 42.5 Å². The number of rotatable bonds is 6. The Bertz CT molecular complexity index is 1070. The van der Waals surface area contributed by atoms with Crippen molar-refractivity contribution in [2.75, 3.05) is 13.7 Å². The van der Waals surface area contributed by atoms with Gasteiger partial charge in [-0.05, 0) is 30.5 Å². The van der Waals surface area contributed by atoms with E-state index in [4.69, 9.17) is 4.74 Å². The Kier molecular flexibility index (Phi) is 6.21. The summed E-state index contributed by atoms with van der Waals surface area (Å²) in [4.78, 5) is 22.2. The van der Waals surface area contributed by atoms with Gasteiger partial charge in [0.2, 0.25) is 5.91 Å². The largest absolute Gasteiger partial charge is 0.497 e. The maximum Gasteiger partial charge on any atom is 0.396 e. The van der Waals surface area contributed by atoms with Crippen LogP contribution in [0.2, 0.25) is 0 Å². The van der Waals surface area contributed by atoms with Gasteiger partial charge in [0.15, 0.2) is 0 Å². The number of carbonyl (C=O) groups is 1. The van der Waals surface area contributed by atoms with Crippen LogP contribution in [0.5, 0.6) is 5.75 Å². The summed E-state index contributed by atoms with van der Waals surface area (Å²) >= 11 is 0. The average molecular weight is 443 g/mol. The maximum atomic E-state index is 13.7. The molecule has 1 saturated heterocycles. The Morgan fingerprint density at radius 1 is 1.22 bits per heavy atom. The monoisotopic (exact) mass is 443 g/mol. The van der Waals surface area contributed by atoms with Gasteiger partial charge in [0.1, 0.15) is 11.6 Å². The van der Waals surface area contributed by atoms with Crippen LogP contribution in [0.4, 0.5) is 13.2 Å². The van der Waals surface area contributed by atoms with Crippen molar-refractivity contribution in [3.8, 4) is 17.0 Å². The molecule has 2 aromatic carbocycles. The van der Waals surface area contributed by atoms with E-state index in [0.29, 0.717) is 31.0 Å². The topological polar surface area (TPSA) is 58.2 Å². The second-order valence-corrected chi connectivity index (χ2v) is 7.87. The lowest BCUT2D eigenvalue weighted by Gasteiger charge is -2.27. The number of H-pyrrole nitrogens is 1. The van der Waals surface area contributed by atoms with Crippen molar-refractivity contribution >= 4 is 5.91 Å². The Balaban J connectivity index is 1.53. The van der Waals surface area contributed by atoms with Crippen molar-refractivity contribution < 1.29 is 22.7 Å². The lowest BCUT2D eigenvalue weighted by molar-refractivity contribution is -0.161. The summed E-state index contributed by atoms with van der Waals surface area (Å²) in [6.07, 6.45) is -2.08. The van der Waals surface area contributed by atoms with E-state index in [0.717, 1.165) is 11.3 Å². The molecule has 1 fully saturated rings. The van der Waals surface area contributed by atoms with Gasteiger partial charge in [-0.15, -0.1) is 0 Å². The van der Waals surface area contributed by atoms with E-state index in [1.54, 1.807) is 31.5 Å². The van der Waals surface area contributed by atoms with E-state index >= 15 is 0 Å². The van der Waals surface area contributed by atoms with Crippen molar-refractivity contribution in [1.82, 2.24) is 14.9 Å². The van der Waals surface area contributed by atoms with E-state index in [2.05, 4.69) is 9.97 Å². The molecular weight excluding hydrogens is 419 g/mol. The number of hydrogen-bond donors (Lipinski definition) is 1. The Morgan fingerprint density at radius 3 is 2.72 bits per heavy atom. The third kappa shape index (κ3) is 4.64. The molecule has 8 heteroatoms. The van der Waals surface area contributed by atoms with Crippen LogP contribution in [-0.2, 0) is 4.79 Å². The molecule has 5 nitrogen and oxygen atoms in total. The maximum absolute atomic E-state index is 13.7. The van der Waals surface area contributed by atoms with Gasteiger partial charge in [-0.25, -0.2) is 4.98 Å². The zero-order valence-corrected chi connectivity index (χ0v) is 17.6. The second-order valence-electron chi connectivity index (χ2n) is 7.87. The third-order valence-corrected chi connectivity index (χ3v) is 5.84. The minimum Gasteiger partial charge on any atom is -0.497 e. The number of alkyl halides is 3. The van der Waals surface area contributed by atoms with E-state index in [9.17, 15) is 18.0 Å². The van der Waals surface area contributed by atoms with Crippen molar-refractivity contribution in [3.05, 3.63) is 72.2 Å². The molecule has 2 atom stereocenters. The predicted molar refractivity (Wildman–Crippen MR) is 114 cm³/mol. The average Bonchev–Trinajstić information content (AvgIpc) is 3.47. The summed E-state index contributed by atoms with van der Waals surface area (Å²) in [5.74, 6) is -1.06. The third-order valence-electron chi connectivity index (χ3n) is 5.84. The number of methoxy groups -OCH3 is 1. The number of imidazole rings is 1. The van der Waals surface area contributed by atoms with Crippen molar-refractivity contribution in [2.24, 2.45) is 0 Å². The number of ether oxygens (including phenoxy) is 1. The first kappa shape index (κ1) is 21.9. The molecule has 1 amide bonds. The summed E-state index contributed by atoms with van der Waals surface area (Å²) in [5.41, 5.74) is 1.73. The molecule has 168 valence electrons. The number of aromatic nitrogens is 2. The Morgan fingerprint density at radius 2 is 2.00 bits per heavy atom. The molecular formula is C24H24F3N3O2. The fourth-order valence-electron chi connectivity index (χ4n) is 4.19. The number of benzene rings is 2. The van der Waals surface area contributed by atoms with E-state index in [1.807, 2.05) is 24.3 Å². The lowest BCUT2D eigenvalue weighted by Crippen LogP contribution is -2.34. The summed E-state index contributed by atoms with van der Waals surface area (Å²) in [6.45, 7) is 0.415. The molecule has 0 saturated carbocycles. The summed E-state index contributed by atoms with van der Waals surface area (Å²) in [5, 5.41) is 0. The highest BCUT2D eigenvalue weighted by atomic mass is 19.4. The number of halogens is 3. The van der Waals surface area contributed by atoms with Crippen LogP contribution in [0.3, 0.4) is 0 Å². The molecule has 0 spiro atoms. The molecule has 0 radical (unpaired) electrons. The quantitative estimate of drug-likeness (QED) is 0.549. The van der Waals surface area contributed by atoms with Gasteiger partial charge in [0.05, 0.1) is 31.0 Å². The van der Waals surface area contributed by atoms with Crippen LogP contribution in [0.1, 0.15) is 42.6 Å². The SMILES string of the molecule is COc1cccc(-c2cnc([C@@H]3CCCN3C(=O)C[C@H](c3ccccc3)C(F)(F)F)[nH]2)c1. The van der Waals surface area contributed by atoms with Gasteiger partial charge in [-0.3, -0.25) is 4.79 Å². The number of carbonyl (C=O) groups excluding carboxylic acids is 1. The summed E-state index contributed by atoms with van der Waals surface area (Å²) in [6, 6.07) is 14.7. The molecule has 0 unspecified atom stereocenters. The number of aromatic amines is 1. The Hall–Kier alpha value is -3.29. The van der Waals surface area contributed by atoms with Crippen LogP contribution in [0, 0.1) is 0 Å². The molecule has 4 rings (SSSR count). The number of amides is 1. The number of likely N-dealkylation sites (tertiary alicyclic amines) is 1. The molecule has 32 heavy (non-hydrogen) atoms. The van der Waals surface area contributed by atoms with Crippen LogP contribution in [-0.4, -0.2) is 40.6 Å².